The van der Waals surface area contributed by atoms with Crippen LogP contribution in [0, 0.1) is 0 Å². The molecule has 32 heavy (non-hydrogen) atoms. The topological polar surface area (TPSA) is 72.8 Å². The van der Waals surface area contributed by atoms with E-state index in [0.717, 1.165) is 22.9 Å². The van der Waals surface area contributed by atoms with Crippen LogP contribution in [0.4, 0.5) is 11.5 Å². The molecular formula is C26H19N5O. The molecule has 154 valence electrons. The molecule has 0 atom stereocenters. The van der Waals surface area contributed by atoms with Gasteiger partial charge in [0.05, 0.1) is 11.4 Å². The van der Waals surface area contributed by atoms with E-state index in [-0.39, 0.29) is 0 Å². The second-order valence-electron chi connectivity index (χ2n) is 6.96. The Morgan fingerprint density at radius 3 is 1.91 bits per heavy atom. The van der Waals surface area contributed by atoms with Gasteiger partial charge in [0.2, 0.25) is 0 Å². The van der Waals surface area contributed by atoms with E-state index in [1.807, 2.05) is 97.1 Å². The maximum Gasteiger partial charge on any atom is 0.180 e. The third kappa shape index (κ3) is 4.60. The van der Waals surface area contributed by atoms with Gasteiger partial charge in [-0.1, -0.05) is 30.3 Å². The fourth-order valence-corrected chi connectivity index (χ4v) is 3.15. The summed E-state index contributed by atoms with van der Waals surface area (Å²) >= 11 is 0. The van der Waals surface area contributed by atoms with Crippen molar-refractivity contribution in [1.29, 1.82) is 0 Å². The van der Waals surface area contributed by atoms with Crippen molar-refractivity contribution in [2.24, 2.45) is 0 Å². The molecule has 0 spiro atoms. The van der Waals surface area contributed by atoms with Gasteiger partial charge in [-0.2, -0.15) is 0 Å². The number of hydrogen-bond donors (Lipinski definition) is 1. The average Bonchev–Trinajstić information content (AvgIpc) is 2.87. The lowest BCUT2D eigenvalue weighted by Crippen LogP contribution is -2.00. The molecule has 0 saturated carbocycles. The molecule has 0 unspecified atom stereocenters. The van der Waals surface area contributed by atoms with Gasteiger partial charge in [0.1, 0.15) is 23.0 Å². The fraction of sp³-hybridized carbons (Fsp3) is 0. The second kappa shape index (κ2) is 9.06. The van der Waals surface area contributed by atoms with Crippen LogP contribution in [0.1, 0.15) is 0 Å². The van der Waals surface area contributed by atoms with Gasteiger partial charge < -0.3 is 10.1 Å². The molecule has 5 aromatic rings. The molecule has 0 radical (unpaired) electrons. The third-order valence-electron chi connectivity index (χ3n) is 4.65. The molecule has 0 bridgehead atoms. The maximum atomic E-state index is 5.87. The van der Waals surface area contributed by atoms with Gasteiger partial charge in [-0.25, -0.2) is 9.97 Å². The minimum absolute atomic E-state index is 0.528. The van der Waals surface area contributed by atoms with Crippen LogP contribution in [0.3, 0.4) is 0 Å². The van der Waals surface area contributed by atoms with Gasteiger partial charge in [0.15, 0.2) is 5.82 Å². The lowest BCUT2D eigenvalue weighted by molar-refractivity contribution is 0.483. The first-order chi connectivity index (χ1) is 15.8. The molecule has 0 aliphatic carbocycles. The zero-order valence-corrected chi connectivity index (χ0v) is 17.1. The Hall–Kier alpha value is -4.58. The smallest absolute Gasteiger partial charge is 0.180 e. The lowest BCUT2D eigenvalue weighted by Gasteiger charge is -2.11. The summed E-state index contributed by atoms with van der Waals surface area (Å²) < 4.78 is 5.87. The molecule has 0 aliphatic heterocycles. The summed E-state index contributed by atoms with van der Waals surface area (Å²) in [4.78, 5) is 18.2. The highest BCUT2D eigenvalue weighted by Crippen LogP contribution is 2.26. The molecule has 2 aromatic carbocycles. The summed E-state index contributed by atoms with van der Waals surface area (Å²) in [6.45, 7) is 0. The predicted octanol–water partition coefficient (Wildman–Crippen LogP) is 6.14. The minimum Gasteiger partial charge on any atom is -0.457 e. The van der Waals surface area contributed by atoms with Gasteiger partial charge >= 0.3 is 0 Å². The summed E-state index contributed by atoms with van der Waals surface area (Å²) in [6, 6.07) is 30.7. The second-order valence-corrected chi connectivity index (χ2v) is 6.96. The molecule has 6 heteroatoms. The number of pyridine rings is 2. The van der Waals surface area contributed by atoms with E-state index < -0.39 is 0 Å². The maximum absolute atomic E-state index is 5.87. The van der Waals surface area contributed by atoms with E-state index in [9.17, 15) is 0 Å². The van der Waals surface area contributed by atoms with Gasteiger partial charge in [-0.05, 0) is 60.7 Å². The van der Waals surface area contributed by atoms with Crippen LogP contribution < -0.4 is 10.1 Å². The number of nitrogens with one attached hydrogen (secondary N) is 1. The van der Waals surface area contributed by atoms with Crippen LogP contribution in [0.15, 0.2) is 109 Å². The monoisotopic (exact) mass is 417 g/mol. The highest BCUT2D eigenvalue weighted by atomic mass is 16.5. The highest BCUT2D eigenvalue weighted by Gasteiger charge is 2.11. The minimum atomic E-state index is 0.528. The Balaban J connectivity index is 1.43. The van der Waals surface area contributed by atoms with Crippen molar-refractivity contribution >= 4 is 11.5 Å². The summed E-state index contributed by atoms with van der Waals surface area (Å²) in [5.41, 5.74) is 3.05. The molecule has 6 nitrogen and oxygen atoms in total. The number of para-hydroxylation sites is 1. The van der Waals surface area contributed by atoms with Gasteiger partial charge in [0, 0.05) is 24.1 Å². The molecule has 0 saturated heterocycles. The van der Waals surface area contributed by atoms with Gasteiger partial charge in [0.25, 0.3) is 0 Å². The molecule has 3 aromatic heterocycles. The SMILES string of the molecule is c1ccc(Oc2ccc(Nc3cc(-c4ccccn4)nc(-c4ccccn4)n3)cc2)cc1. The van der Waals surface area contributed by atoms with Crippen LogP contribution in [0.5, 0.6) is 11.5 Å². The number of nitrogens with zero attached hydrogens (tertiary/aromatic N) is 4. The molecule has 3 heterocycles. The van der Waals surface area contributed by atoms with E-state index in [0.29, 0.717) is 23.0 Å². The van der Waals surface area contributed by atoms with E-state index in [4.69, 9.17) is 4.74 Å². The van der Waals surface area contributed by atoms with E-state index >= 15 is 0 Å². The summed E-state index contributed by atoms with van der Waals surface area (Å²) in [6.07, 6.45) is 3.47. The first-order valence-electron chi connectivity index (χ1n) is 10.2. The standard InChI is InChI=1S/C26H19N5O/c1-2-8-20(9-3-1)32-21-14-12-19(13-15-21)29-25-18-24(22-10-4-6-16-27-22)30-26(31-25)23-11-5-7-17-28-23/h1-18H,(H,29,30,31). The number of anilines is 2. The number of ether oxygens (including phenoxy) is 1. The van der Waals surface area contributed by atoms with Crippen LogP contribution in [-0.2, 0) is 0 Å². The Kier molecular flexibility index (Phi) is 5.49. The largest absolute Gasteiger partial charge is 0.457 e. The summed E-state index contributed by atoms with van der Waals surface area (Å²) in [5.74, 6) is 2.73. The molecular weight excluding hydrogens is 398 g/mol. The first-order valence-corrected chi connectivity index (χ1v) is 10.2. The van der Waals surface area contributed by atoms with Gasteiger partial charge in [-0.3, -0.25) is 9.97 Å². The van der Waals surface area contributed by atoms with Crippen molar-refractivity contribution < 1.29 is 4.74 Å². The Labute approximate surface area is 185 Å². The fourth-order valence-electron chi connectivity index (χ4n) is 3.15. The van der Waals surface area contributed by atoms with Crippen molar-refractivity contribution in [2.75, 3.05) is 5.32 Å². The van der Waals surface area contributed by atoms with Crippen LogP contribution >= 0.6 is 0 Å². The lowest BCUT2D eigenvalue weighted by atomic mass is 10.2. The van der Waals surface area contributed by atoms with Crippen molar-refractivity contribution in [1.82, 2.24) is 19.9 Å². The third-order valence-corrected chi connectivity index (χ3v) is 4.65. The van der Waals surface area contributed by atoms with Crippen LogP contribution in [0.25, 0.3) is 22.9 Å². The van der Waals surface area contributed by atoms with E-state index in [1.54, 1.807) is 12.4 Å². The van der Waals surface area contributed by atoms with Crippen molar-refractivity contribution in [3.63, 3.8) is 0 Å². The molecule has 1 N–H and O–H groups in total. The van der Waals surface area contributed by atoms with E-state index in [2.05, 4.69) is 25.3 Å². The number of aromatic nitrogens is 4. The Morgan fingerprint density at radius 1 is 0.562 bits per heavy atom. The summed E-state index contributed by atoms with van der Waals surface area (Å²) in [5, 5.41) is 3.35. The first kappa shape index (κ1) is 19.4. The van der Waals surface area contributed by atoms with Crippen molar-refractivity contribution in [2.45, 2.75) is 0 Å². The molecule has 5 rings (SSSR count). The quantitative estimate of drug-likeness (QED) is 0.358. The number of hydrogen-bond acceptors (Lipinski definition) is 6. The molecule has 0 amide bonds. The normalized spacial score (nSPS) is 10.5. The predicted molar refractivity (Wildman–Crippen MR) is 125 cm³/mol. The highest BCUT2D eigenvalue weighted by molar-refractivity contribution is 5.67. The molecule has 0 aliphatic rings. The Bertz CT molecular complexity index is 1240. The Morgan fingerprint density at radius 2 is 1.22 bits per heavy atom. The zero-order chi connectivity index (χ0) is 21.6. The van der Waals surface area contributed by atoms with Crippen molar-refractivity contribution in [3.05, 3.63) is 109 Å². The summed E-state index contributed by atoms with van der Waals surface area (Å²) in [7, 11) is 0. The van der Waals surface area contributed by atoms with E-state index in [1.165, 1.54) is 0 Å². The van der Waals surface area contributed by atoms with Crippen LogP contribution in [-0.4, -0.2) is 19.9 Å². The molecule has 0 fully saturated rings. The zero-order valence-electron chi connectivity index (χ0n) is 17.1. The van der Waals surface area contributed by atoms with Crippen molar-refractivity contribution in [3.8, 4) is 34.4 Å². The van der Waals surface area contributed by atoms with Crippen LogP contribution in [0.2, 0.25) is 0 Å². The number of rotatable bonds is 6. The van der Waals surface area contributed by atoms with Gasteiger partial charge in [-0.15, -0.1) is 0 Å². The number of benzene rings is 2. The average molecular weight is 417 g/mol.